The van der Waals surface area contributed by atoms with Gasteiger partial charge in [0.15, 0.2) is 36.7 Å². The fraction of sp³-hybridized carbons (Fsp3) is 0.419. The third-order valence-electron chi connectivity index (χ3n) is 9.65. The fourth-order valence-electron chi connectivity index (χ4n) is 6.97. The van der Waals surface area contributed by atoms with E-state index in [4.69, 9.17) is 37.9 Å². The van der Waals surface area contributed by atoms with Crippen LogP contribution in [0.15, 0.2) is 78.9 Å². The second kappa shape index (κ2) is 20.6. The van der Waals surface area contributed by atoms with Crippen LogP contribution in [0, 0.1) is 5.92 Å². The summed E-state index contributed by atoms with van der Waals surface area (Å²) in [6.07, 6.45) is -9.43. The van der Waals surface area contributed by atoms with E-state index in [9.17, 15) is 33.6 Å². The maximum absolute atomic E-state index is 13.9. The first-order valence-electron chi connectivity index (χ1n) is 19.2. The summed E-state index contributed by atoms with van der Waals surface area (Å²) in [5.74, 6) is -6.33. The summed E-state index contributed by atoms with van der Waals surface area (Å²) >= 11 is 0. The number of fused-ring (bicyclic) bond motifs is 3. The van der Waals surface area contributed by atoms with E-state index < -0.39 is 97.2 Å². The number of methoxy groups -OCH3 is 1. The van der Waals surface area contributed by atoms with Gasteiger partial charge in [0.2, 0.25) is 5.91 Å². The highest BCUT2D eigenvalue weighted by Crippen LogP contribution is 2.44. The van der Waals surface area contributed by atoms with Gasteiger partial charge in [-0.2, -0.15) is 0 Å². The summed E-state index contributed by atoms with van der Waals surface area (Å²) in [6, 6.07) is 21.5. The van der Waals surface area contributed by atoms with Crippen molar-refractivity contribution in [3.63, 3.8) is 0 Å². The molecular formula is C43H48N2O15. The third kappa shape index (κ3) is 11.2. The van der Waals surface area contributed by atoms with Gasteiger partial charge in [-0.25, -0.2) is 14.4 Å². The highest BCUT2D eigenvalue weighted by atomic mass is 16.7. The molecule has 1 saturated heterocycles. The first-order valence-corrected chi connectivity index (χ1v) is 19.2. The minimum atomic E-state index is -1.78. The number of nitrogens with one attached hydrogen (secondary N) is 2. The van der Waals surface area contributed by atoms with Gasteiger partial charge in [0.25, 0.3) is 0 Å². The topological polar surface area (TPSA) is 217 Å². The molecule has 17 heteroatoms. The molecule has 0 aromatic heterocycles. The third-order valence-corrected chi connectivity index (χ3v) is 9.65. The quantitative estimate of drug-likeness (QED) is 0.156. The van der Waals surface area contributed by atoms with Crippen molar-refractivity contribution in [1.82, 2.24) is 10.6 Å². The molecule has 0 saturated carbocycles. The number of hydrogen-bond acceptors (Lipinski definition) is 15. The van der Waals surface area contributed by atoms with E-state index in [0.29, 0.717) is 5.56 Å². The Morgan fingerprint density at radius 2 is 1.23 bits per heavy atom. The Morgan fingerprint density at radius 3 is 1.80 bits per heavy atom. The molecular weight excluding hydrogens is 784 g/mol. The predicted octanol–water partition coefficient (Wildman–Crippen LogP) is 3.49. The highest BCUT2D eigenvalue weighted by Gasteiger charge is 2.55. The van der Waals surface area contributed by atoms with Crippen LogP contribution in [0.3, 0.4) is 0 Å². The SMILES string of the molecule is COC(=O)[C@H]1O[C@@H](OC[C@H](NC(=O)[C@@H](NC(=O)OCC2c3ccccc3-c3ccccc32)C(C)C)C(=O)OCc2ccccc2)[C@H](OC(C)=O)[C@@H](OC(C)=O)[C@@H]1OC(C)=O. The first-order chi connectivity index (χ1) is 28.7. The van der Waals surface area contributed by atoms with E-state index >= 15 is 0 Å². The van der Waals surface area contributed by atoms with Crippen molar-refractivity contribution < 1.29 is 71.5 Å². The van der Waals surface area contributed by atoms with Gasteiger partial charge in [-0.05, 0) is 33.7 Å². The maximum Gasteiger partial charge on any atom is 0.407 e. The zero-order chi connectivity index (χ0) is 43.5. The number of carbonyl (C=O) groups excluding carboxylic acids is 7. The van der Waals surface area contributed by atoms with Crippen molar-refractivity contribution in [2.75, 3.05) is 20.3 Å². The smallest absolute Gasteiger partial charge is 0.407 e. The maximum atomic E-state index is 13.9. The number of rotatable bonds is 16. The van der Waals surface area contributed by atoms with E-state index in [0.717, 1.165) is 50.1 Å². The summed E-state index contributed by atoms with van der Waals surface area (Å²) in [5, 5.41) is 5.17. The molecule has 2 aliphatic rings. The number of esters is 5. The Balaban J connectivity index is 1.35. The van der Waals surface area contributed by atoms with Crippen LogP contribution in [0.2, 0.25) is 0 Å². The van der Waals surface area contributed by atoms with Gasteiger partial charge in [-0.3, -0.25) is 19.2 Å². The van der Waals surface area contributed by atoms with Crippen LogP contribution in [0.1, 0.15) is 57.2 Å². The molecule has 2 amide bonds. The summed E-state index contributed by atoms with van der Waals surface area (Å²) < 4.78 is 43.9. The molecule has 0 bridgehead atoms. The van der Waals surface area contributed by atoms with Crippen LogP contribution >= 0.6 is 0 Å². The number of alkyl carbamates (subject to hydrolysis) is 1. The van der Waals surface area contributed by atoms with Gasteiger partial charge in [0.1, 0.15) is 19.3 Å². The normalized spacial score (nSPS) is 20.3. The minimum absolute atomic E-state index is 0.0152. The molecule has 5 rings (SSSR count). The standard InChI is InChI=1S/C43H48N2O15/c1-23(2)34(45-43(52)56-21-32-30-18-12-10-16-28(30)29-17-11-13-19-31(29)32)39(49)44-33(40(50)54-20-27-14-8-7-9-15-27)22-55-42-38(59-26(5)48)36(58-25(4)47)35(57-24(3)46)37(60-42)41(51)53-6/h7-19,23,32-38,42H,20-22H2,1-6H3,(H,44,49)(H,45,52)/t33-,34-,35-,36-,37-,38+,42+/m0/s1. The van der Waals surface area contributed by atoms with Gasteiger partial charge in [-0.1, -0.05) is 92.7 Å². The van der Waals surface area contributed by atoms with Gasteiger partial charge >= 0.3 is 35.9 Å². The minimum Gasteiger partial charge on any atom is -0.467 e. The Kier molecular flexibility index (Phi) is 15.4. The molecule has 320 valence electrons. The largest absolute Gasteiger partial charge is 0.467 e. The zero-order valence-electron chi connectivity index (χ0n) is 33.9. The van der Waals surface area contributed by atoms with Crippen LogP contribution < -0.4 is 10.6 Å². The molecule has 0 radical (unpaired) electrons. The number of benzene rings is 3. The van der Waals surface area contributed by atoms with Crippen molar-refractivity contribution in [3.05, 3.63) is 95.6 Å². The lowest BCUT2D eigenvalue weighted by molar-refractivity contribution is -0.302. The number of ether oxygens (including phenoxy) is 8. The molecule has 1 aliphatic heterocycles. The second-order valence-corrected chi connectivity index (χ2v) is 14.3. The Labute approximate surface area is 346 Å². The van der Waals surface area contributed by atoms with Crippen LogP contribution in [-0.4, -0.2) is 105 Å². The molecule has 17 nitrogen and oxygen atoms in total. The molecule has 0 unspecified atom stereocenters. The molecule has 2 N–H and O–H groups in total. The molecule has 3 aromatic carbocycles. The molecule has 7 atom stereocenters. The van der Waals surface area contributed by atoms with E-state index in [1.807, 2.05) is 48.5 Å². The van der Waals surface area contributed by atoms with Crippen LogP contribution in [0.5, 0.6) is 0 Å². The van der Waals surface area contributed by atoms with Crippen molar-refractivity contribution in [2.45, 2.75) is 89.9 Å². The lowest BCUT2D eigenvalue weighted by Gasteiger charge is -2.43. The summed E-state index contributed by atoms with van der Waals surface area (Å²) in [5.41, 5.74) is 4.70. The fourth-order valence-corrected chi connectivity index (χ4v) is 6.97. The molecule has 0 spiro atoms. The van der Waals surface area contributed by atoms with Crippen LogP contribution in [0.25, 0.3) is 11.1 Å². The molecule has 60 heavy (non-hydrogen) atoms. The van der Waals surface area contributed by atoms with E-state index in [-0.39, 0.29) is 19.1 Å². The summed E-state index contributed by atoms with van der Waals surface area (Å²) in [6.45, 7) is 5.50. The Bertz CT molecular complexity index is 1990. The average molecular weight is 833 g/mol. The monoisotopic (exact) mass is 832 g/mol. The van der Waals surface area contributed by atoms with Crippen molar-refractivity contribution in [2.24, 2.45) is 5.92 Å². The molecule has 1 aliphatic carbocycles. The number of hydrogen-bond donors (Lipinski definition) is 2. The number of carbonyl (C=O) groups is 7. The molecule has 1 fully saturated rings. The van der Waals surface area contributed by atoms with Crippen LogP contribution in [-0.2, 0) is 73.3 Å². The molecule has 3 aromatic rings. The Morgan fingerprint density at radius 1 is 0.683 bits per heavy atom. The summed E-state index contributed by atoms with van der Waals surface area (Å²) in [4.78, 5) is 90.5. The second-order valence-electron chi connectivity index (χ2n) is 14.3. The van der Waals surface area contributed by atoms with Crippen molar-refractivity contribution in [3.8, 4) is 11.1 Å². The highest BCUT2D eigenvalue weighted by molar-refractivity contribution is 5.90. The van der Waals surface area contributed by atoms with Crippen molar-refractivity contribution >= 4 is 41.8 Å². The first kappa shape index (κ1) is 44.8. The lowest BCUT2D eigenvalue weighted by atomic mass is 9.97. The van der Waals surface area contributed by atoms with E-state index in [1.165, 1.54) is 0 Å². The van der Waals surface area contributed by atoms with E-state index in [2.05, 4.69) is 10.6 Å². The van der Waals surface area contributed by atoms with Gasteiger partial charge in [0, 0.05) is 26.7 Å². The Hall–Kier alpha value is -6.33. The predicted molar refractivity (Wildman–Crippen MR) is 208 cm³/mol. The van der Waals surface area contributed by atoms with Gasteiger partial charge < -0.3 is 48.5 Å². The zero-order valence-corrected chi connectivity index (χ0v) is 33.9. The molecule has 1 heterocycles. The average Bonchev–Trinajstić information content (AvgIpc) is 3.54. The van der Waals surface area contributed by atoms with Gasteiger partial charge in [-0.15, -0.1) is 0 Å². The number of amides is 2. The van der Waals surface area contributed by atoms with E-state index in [1.54, 1.807) is 44.2 Å². The summed E-state index contributed by atoms with van der Waals surface area (Å²) in [7, 11) is 1.03. The lowest BCUT2D eigenvalue weighted by Crippen LogP contribution is -2.64. The van der Waals surface area contributed by atoms with Gasteiger partial charge in [0.05, 0.1) is 13.7 Å². The van der Waals surface area contributed by atoms with Crippen LogP contribution in [0.4, 0.5) is 4.79 Å². The van der Waals surface area contributed by atoms with Crippen molar-refractivity contribution in [1.29, 1.82) is 0 Å².